The molecule has 2 N–H and O–H groups in total. The molecule has 3 aromatic rings. The van der Waals surface area contributed by atoms with Crippen LogP contribution in [0, 0.1) is 0 Å². The van der Waals surface area contributed by atoms with Gasteiger partial charge in [0.15, 0.2) is 0 Å². The van der Waals surface area contributed by atoms with Gasteiger partial charge >= 0.3 is 0 Å². The van der Waals surface area contributed by atoms with Gasteiger partial charge in [0.1, 0.15) is 11.5 Å². The van der Waals surface area contributed by atoms with E-state index in [2.05, 4.69) is 10.1 Å². The third-order valence-electron chi connectivity index (χ3n) is 3.28. The molecule has 0 aliphatic carbocycles. The van der Waals surface area contributed by atoms with Gasteiger partial charge in [-0.05, 0) is 23.6 Å². The Balaban J connectivity index is 2.30. The number of methoxy groups -OCH3 is 2. The van der Waals surface area contributed by atoms with Crippen molar-refractivity contribution in [3.8, 4) is 22.9 Å². The average molecular weight is 285 g/mol. The van der Waals surface area contributed by atoms with Gasteiger partial charge in [0.2, 0.25) is 11.7 Å². The molecule has 0 atom stereocenters. The average Bonchev–Trinajstić information content (AvgIpc) is 3.01. The number of aromatic nitrogens is 2. The quantitative estimate of drug-likeness (QED) is 0.792. The summed E-state index contributed by atoms with van der Waals surface area (Å²) in [6.45, 7) is 0.198. The van der Waals surface area contributed by atoms with Crippen molar-refractivity contribution >= 4 is 10.8 Å². The number of ether oxygens (including phenoxy) is 2. The molecule has 1 aromatic heterocycles. The van der Waals surface area contributed by atoms with Crippen LogP contribution in [0.15, 0.2) is 34.9 Å². The van der Waals surface area contributed by atoms with Crippen molar-refractivity contribution in [3.63, 3.8) is 0 Å². The zero-order chi connectivity index (χ0) is 14.8. The molecule has 3 rings (SSSR count). The molecular weight excluding hydrogens is 270 g/mol. The fraction of sp³-hybridized carbons (Fsp3) is 0.200. The summed E-state index contributed by atoms with van der Waals surface area (Å²) in [6.07, 6.45) is 0. The minimum absolute atomic E-state index is 0.198. The van der Waals surface area contributed by atoms with Crippen molar-refractivity contribution in [1.82, 2.24) is 10.1 Å². The maximum absolute atomic E-state index is 5.52. The lowest BCUT2D eigenvalue weighted by atomic mass is 10.0. The number of nitrogens with zero attached hydrogens (tertiary/aromatic N) is 2. The van der Waals surface area contributed by atoms with Crippen LogP contribution in [0.4, 0.5) is 0 Å². The molecule has 0 aliphatic heterocycles. The second-order valence-electron chi connectivity index (χ2n) is 4.45. The van der Waals surface area contributed by atoms with Crippen LogP contribution >= 0.6 is 0 Å². The smallest absolute Gasteiger partial charge is 0.240 e. The molecule has 0 aliphatic rings. The maximum Gasteiger partial charge on any atom is 0.240 e. The molecule has 21 heavy (non-hydrogen) atoms. The Hall–Kier alpha value is -2.60. The van der Waals surface area contributed by atoms with E-state index in [1.165, 1.54) is 0 Å². The Bertz CT molecular complexity index is 778. The summed E-state index contributed by atoms with van der Waals surface area (Å²) in [6, 6.07) is 9.65. The summed E-state index contributed by atoms with van der Waals surface area (Å²) in [5, 5.41) is 5.95. The van der Waals surface area contributed by atoms with E-state index >= 15 is 0 Å². The van der Waals surface area contributed by atoms with Gasteiger partial charge in [-0.25, -0.2) is 0 Å². The lowest BCUT2D eigenvalue weighted by molar-refractivity contribution is 0.380. The van der Waals surface area contributed by atoms with Crippen LogP contribution in [-0.4, -0.2) is 24.4 Å². The highest BCUT2D eigenvalue weighted by molar-refractivity contribution is 5.98. The number of hydrogen-bond donors (Lipinski definition) is 1. The van der Waals surface area contributed by atoms with Crippen molar-refractivity contribution < 1.29 is 14.0 Å². The fourth-order valence-electron chi connectivity index (χ4n) is 2.25. The second kappa shape index (κ2) is 5.41. The van der Waals surface area contributed by atoms with Gasteiger partial charge in [0.25, 0.3) is 0 Å². The first-order valence-corrected chi connectivity index (χ1v) is 6.44. The number of hydrogen-bond acceptors (Lipinski definition) is 6. The lowest BCUT2D eigenvalue weighted by Crippen LogP contribution is -1.96. The van der Waals surface area contributed by atoms with Crippen LogP contribution in [0.5, 0.6) is 11.5 Å². The maximum atomic E-state index is 5.52. The molecule has 2 aromatic carbocycles. The van der Waals surface area contributed by atoms with Crippen molar-refractivity contribution in [2.75, 3.05) is 14.2 Å². The lowest BCUT2D eigenvalue weighted by Gasteiger charge is -2.10. The Morgan fingerprint density at radius 2 is 1.95 bits per heavy atom. The van der Waals surface area contributed by atoms with Crippen LogP contribution < -0.4 is 15.2 Å². The van der Waals surface area contributed by atoms with Crippen LogP contribution in [0.2, 0.25) is 0 Å². The third kappa shape index (κ3) is 2.30. The SMILES string of the molecule is COc1ccc2ccc(OC)c(-c3noc(CN)n3)c2c1. The summed E-state index contributed by atoms with van der Waals surface area (Å²) < 4.78 is 15.8. The van der Waals surface area contributed by atoms with E-state index in [9.17, 15) is 0 Å². The molecule has 1 heterocycles. The van der Waals surface area contributed by atoms with Gasteiger partial charge in [0.05, 0.1) is 26.3 Å². The largest absolute Gasteiger partial charge is 0.497 e. The van der Waals surface area contributed by atoms with E-state index in [1.54, 1.807) is 14.2 Å². The van der Waals surface area contributed by atoms with E-state index in [-0.39, 0.29) is 6.54 Å². The molecule has 0 unspecified atom stereocenters. The fourth-order valence-corrected chi connectivity index (χ4v) is 2.25. The van der Waals surface area contributed by atoms with Gasteiger partial charge in [-0.2, -0.15) is 4.98 Å². The first-order valence-electron chi connectivity index (χ1n) is 6.44. The van der Waals surface area contributed by atoms with E-state index in [0.717, 1.165) is 22.1 Å². The molecule has 6 nitrogen and oxygen atoms in total. The van der Waals surface area contributed by atoms with Gasteiger partial charge < -0.3 is 19.7 Å². The topological polar surface area (TPSA) is 83.4 Å². The summed E-state index contributed by atoms with van der Waals surface area (Å²) in [5.74, 6) is 2.25. The van der Waals surface area contributed by atoms with E-state index < -0.39 is 0 Å². The molecule has 0 spiro atoms. The van der Waals surface area contributed by atoms with Gasteiger partial charge in [-0.3, -0.25) is 0 Å². The molecule has 0 saturated heterocycles. The summed E-state index contributed by atoms with van der Waals surface area (Å²) in [7, 11) is 3.23. The standard InChI is InChI=1S/C15H15N3O3/c1-19-10-5-3-9-4-6-12(20-2)14(11(9)7-10)15-17-13(8-16)21-18-15/h3-7H,8,16H2,1-2H3. The number of fused-ring (bicyclic) bond motifs is 1. The van der Waals surface area contributed by atoms with Crippen molar-refractivity contribution in [2.24, 2.45) is 5.73 Å². The minimum Gasteiger partial charge on any atom is -0.497 e. The molecule has 108 valence electrons. The third-order valence-corrected chi connectivity index (χ3v) is 3.28. The van der Waals surface area contributed by atoms with Gasteiger partial charge in [-0.15, -0.1) is 0 Å². The first kappa shape index (κ1) is 13.4. The molecule has 0 bridgehead atoms. The highest BCUT2D eigenvalue weighted by Gasteiger charge is 2.17. The van der Waals surface area contributed by atoms with Crippen molar-refractivity contribution in [1.29, 1.82) is 0 Å². The molecule has 0 radical (unpaired) electrons. The van der Waals surface area contributed by atoms with Crippen LogP contribution in [0.25, 0.3) is 22.2 Å². The summed E-state index contributed by atoms with van der Waals surface area (Å²) >= 11 is 0. The Labute approximate surface area is 121 Å². The van der Waals surface area contributed by atoms with E-state index in [0.29, 0.717) is 17.5 Å². The Kier molecular flexibility index (Phi) is 3.45. The monoisotopic (exact) mass is 285 g/mol. The van der Waals surface area contributed by atoms with Crippen molar-refractivity contribution in [2.45, 2.75) is 6.54 Å². The molecule has 0 amide bonds. The van der Waals surface area contributed by atoms with Crippen LogP contribution in [0.1, 0.15) is 5.89 Å². The number of nitrogens with two attached hydrogens (primary N) is 1. The zero-order valence-electron chi connectivity index (χ0n) is 11.8. The second-order valence-corrected chi connectivity index (χ2v) is 4.45. The van der Waals surface area contributed by atoms with Crippen LogP contribution in [-0.2, 0) is 6.54 Å². The normalized spacial score (nSPS) is 10.8. The Morgan fingerprint density at radius 1 is 1.14 bits per heavy atom. The Morgan fingerprint density at radius 3 is 2.62 bits per heavy atom. The molecule has 0 fully saturated rings. The molecular formula is C15H15N3O3. The van der Waals surface area contributed by atoms with Gasteiger partial charge in [-0.1, -0.05) is 17.3 Å². The molecule has 6 heteroatoms. The van der Waals surface area contributed by atoms with Crippen molar-refractivity contribution in [3.05, 3.63) is 36.2 Å². The highest BCUT2D eigenvalue weighted by atomic mass is 16.5. The number of rotatable bonds is 4. The highest BCUT2D eigenvalue weighted by Crippen LogP contribution is 2.37. The van der Waals surface area contributed by atoms with E-state index in [1.807, 2.05) is 30.3 Å². The van der Waals surface area contributed by atoms with E-state index in [4.69, 9.17) is 19.7 Å². The summed E-state index contributed by atoms with van der Waals surface area (Å²) in [5.41, 5.74) is 6.28. The predicted molar refractivity (Wildman–Crippen MR) is 78.2 cm³/mol. The van der Waals surface area contributed by atoms with Gasteiger partial charge in [0, 0.05) is 5.39 Å². The minimum atomic E-state index is 0.198. The zero-order valence-corrected chi connectivity index (χ0v) is 11.8. The molecule has 0 saturated carbocycles. The number of benzene rings is 2. The predicted octanol–water partition coefficient (Wildman–Crippen LogP) is 2.37. The summed E-state index contributed by atoms with van der Waals surface area (Å²) in [4.78, 5) is 4.29. The first-order chi connectivity index (χ1) is 10.3. The van der Waals surface area contributed by atoms with Crippen LogP contribution in [0.3, 0.4) is 0 Å².